The zero-order valence-corrected chi connectivity index (χ0v) is 13.8. The van der Waals surface area contributed by atoms with Crippen molar-refractivity contribution in [2.45, 2.75) is 31.8 Å². The standard InChI is InChI=1S/C18H20N4O3/c23-16(22-9-13-7-4-8-14(13)17(22)18(24)25)11-21-10-15(19-20-21)12-5-2-1-3-6-12/h1-3,5-6,10,13-14,17H,4,7-9,11H2,(H,24,25). The number of amides is 1. The molecule has 0 spiro atoms. The zero-order valence-electron chi connectivity index (χ0n) is 13.8. The van der Waals surface area contributed by atoms with Crippen LogP contribution in [0.1, 0.15) is 19.3 Å². The summed E-state index contributed by atoms with van der Waals surface area (Å²) in [6.07, 6.45) is 4.69. The molecule has 7 nitrogen and oxygen atoms in total. The van der Waals surface area contributed by atoms with Crippen molar-refractivity contribution < 1.29 is 14.7 Å². The van der Waals surface area contributed by atoms with E-state index in [1.54, 1.807) is 6.20 Å². The molecule has 1 aromatic carbocycles. The summed E-state index contributed by atoms with van der Waals surface area (Å²) in [4.78, 5) is 25.9. The van der Waals surface area contributed by atoms with Crippen molar-refractivity contribution in [3.05, 3.63) is 36.5 Å². The van der Waals surface area contributed by atoms with Crippen LogP contribution in [0.4, 0.5) is 0 Å². The van der Waals surface area contributed by atoms with Gasteiger partial charge in [0.15, 0.2) is 0 Å². The molecule has 1 amide bonds. The second-order valence-electron chi connectivity index (χ2n) is 6.85. The molecule has 130 valence electrons. The second-order valence-corrected chi connectivity index (χ2v) is 6.85. The van der Waals surface area contributed by atoms with Crippen LogP contribution in [0.3, 0.4) is 0 Å². The molecular weight excluding hydrogens is 320 g/mol. The number of carboxylic acid groups (broad SMARTS) is 1. The molecule has 3 atom stereocenters. The maximum Gasteiger partial charge on any atom is 0.326 e. The van der Waals surface area contributed by atoms with Crippen LogP contribution in [-0.4, -0.2) is 49.5 Å². The predicted octanol–water partition coefficient (Wildman–Crippen LogP) is 1.66. The summed E-state index contributed by atoms with van der Waals surface area (Å²) >= 11 is 0. The van der Waals surface area contributed by atoms with E-state index in [1.165, 1.54) is 9.58 Å². The van der Waals surface area contributed by atoms with Crippen molar-refractivity contribution in [2.75, 3.05) is 6.54 Å². The number of carbonyl (C=O) groups excluding carboxylic acids is 1. The third-order valence-electron chi connectivity index (χ3n) is 5.37. The SMILES string of the molecule is O=C(O)C1C2CCCC2CN1C(=O)Cn1cc(-c2ccccc2)nn1. The van der Waals surface area contributed by atoms with Gasteiger partial charge < -0.3 is 10.0 Å². The van der Waals surface area contributed by atoms with Gasteiger partial charge in [-0.1, -0.05) is 42.0 Å². The minimum Gasteiger partial charge on any atom is -0.480 e. The number of aromatic nitrogens is 3. The number of hydrogen-bond acceptors (Lipinski definition) is 4. The van der Waals surface area contributed by atoms with E-state index >= 15 is 0 Å². The van der Waals surface area contributed by atoms with Crippen LogP contribution in [0, 0.1) is 11.8 Å². The first-order chi connectivity index (χ1) is 12.1. The van der Waals surface area contributed by atoms with E-state index < -0.39 is 12.0 Å². The molecule has 1 saturated heterocycles. The second kappa shape index (κ2) is 6.31. The third kappa shape index (κ3) is 2.90. The van der Waals surface area contributed by atoms with Gasteiger partial charge in [0.25, 0.3) is 0 Å². The number of likely N-dealkylation sites (tertiary alicyclic amines) is 1. The van der Waals surface area contributed by atoms with Crippen LogP contribution >= 0.6 is 0 Å². The Labute approximate surface area is 145 Å². The number of carboxylic acids is 1. The van der Waals surface area contributed by atoms with Gasteiger partial charge in [-0.2, -0.15) is 0 Å². The summed E-state index contributed by atoms with van der Waals surface area (Å²) in [5.74, 6) is -0.685. The fourth-order valence-corrected chi connectivity index (χ4v) is 4.22. The Morgan fingerprint density at radius 3 is 2.76 bits per heavy atom. The van der Waals surface area contributed by atoms with Gasteiger partial charge in [-0.3, -0.25) is 4.79 Å². The minimum atomic E-state index is -0.897. The van der Waals surface area contributed by atoms with Gasteiger partial charge in [0.1, 0.15) is 18.3 Å². The predicted molar refractivity (Wildman–Crippen MR) is 89.4 cm³/mol. The highest BCUT2D eigenvalue weighted by Gasteiger charge is 2.49. The van der Waals surface area contributed by atoms with E-state index in [0.29, 0.717) is 18.2 Å². The molecule has 4 rings (SSSR count). The van der Waals surface area contributed by atoms with E-state index in [0.717, 1.165) is 24.8 Å². The first-order valence-corrected chi connectivity index (χ1v) is 8.61. The smallest absolute Gasteiger partial charge is 0.326 e. The van der Waals surface area contributed by atoms with E-state index in [2.05, 4.69) is 10.3 Å². The normalized spacial score (nSPS) is 25.1. The van der Waals surface area contributed by atoms with E-state index in [4.69, 9.17) is 0 Å². The Kier molecular flexibility index (Phi) is 3.99. The Morgan fingerprint density at radius 1 is 1.20 bits per heavy atom. The summed E-state index contributed by atoms with van der Waals surface area (Å²) in [5.41, 5.74) is 1.63. The van der Waals surface area contributed by atoms with Crippen molar-refractivity contribution in [3.8, 4) is 11.3 Å². The monoisotopic (exact) mass is 340 g/mol. The number of nitrogens with zero attached hydrogens (tertiary/aromatic N) is 4. The zero-order chi connectivity index (χ0) is 17.4. The van der Waals surface area contributed by atoms with Gasteiger partial charge >= 0.3 is 5.97 Å². The number of aliphatic carboxylic acids is 1. The molecule has 1 saturated carbocycles. The molecule has 3 unspecified atom stereocenters. The molecule has 1 aliphatic heterocycles. The topological polar surface area (TPSA) is 88.3 Å². The van der Waals surface area contributed by atoms with E-state index in [9.17, 15) is 14.7 Å². The Hall–Kier alpha value is -2.70. The third-order valence-corrected chi connectivity index (χ3v) is 5.37. The number of fused-ring (bicyclic) bond motifs is 1. The molecule has 7 heteroatoms. The first kappa shape index (κ1) is 15.8. The van der Waals surface area contributed by atoms with Crippen LogP contribution in [-0.2, 0) is 16.1 Å². The molecule has 2 heterocycles. The Morgan fingerprint density at radius 2 is 2.00 bits per heavy atom. The highest BCUT2D eigenvalue weighted by molar-refractivity contribution is 5.84. The molecule has 2 fully saturated rings. The average molecular weight is 340 g/mol. The number of benzene rings is 1. The summed E-state index contributed by atoms with van der Waals surface area (Å²) < 4.78 is 1.48. The molecule has 1 aliphatic carbocycles. The van der Waals surface area contributed by atoms with Crippen molar-refractivity contribution >= 4 is 11.9 Å². The van der Waals surface area contributed by atoms with Gasteiger partial charge in [-0.15, -0.1) is 5.10 Å². The largest absolute Gasteiger partial charge is 0.480 e. The fraction of sp³-hybridized carbons (Fsp3) is 0.444. The van der Waals surface area contributed by atoms with Crippen LogP contribution in [0.15, 0.2) is 36.5 Å². The van der Waals surface area contributed by atoms with Crippen molar-refractivity contribution in [3.63, 3.8) is 0 Å². The maximum atomic E-state index is 12.7. The average Bonchev–Trinajstić information content (AvgIpc) is 3.30. The highest BCUT2D eigenvalue weighted by Crippen LogP contribution is 2.42. The van der Waals surface area contributed by atoms with Crippen LogP contribution in [0.5, 0.6) is 0 Å². The Bertz CT molecular complexity index is 789. The number of carbonyl (C=O) groups is 2. The van der Waals surface area contributed by atoms with Gasteiger partial charge in [0, 0.05) is 12.1 Å². The lowest BCUT2D eigenvalue weighted by Gasteiger charge is -2.24. The number of rotatable bonds is 4. The molecule has 2 aliphatic rings. The van der Waals surface area contributed by atoms with Gasteiger partial charge in [-0.05, 0) is 24.7 Å². The van der Waals surface area contributed by atoms with E-state index in [1.807, 2.05) is 30.3 Å². The summed E-state index contributed by atoms with van der Waals surface area (Å²) in [5, 5.41) is 17.7. The lowest BCUT2D eigenvalue weighted by molar-refractivity contribution is -0.150. The minimum absolute atomic E-state index is 0.0169. The summed E-state index contributed by atoms with van der Waals surface area (Å²) in [6, 6.07) is 8.92. The lowest BCUT2D eigenvalue weighted by Crippen LogP contribution is -2.44. The molecule has 0 bridgehead atoms. The maximum absolute atomic E-state index is 12.7. The molecule has 1 N–H and O–H groups in total. The van der Waals surface area contributed by atoms with Gasteiger partial charge in [-0.25, -0.2) is 9.48 Å². The van der Waals surface area contributed by atoms with Gasteiger partial charge in [0.05, 0.1) is 6.20 Å². The van der Waals surface area contributed by atoms with Gasteiger partial charge in [0.2, 0.25) is 5.91 Å². The molecule has 2 aromatic rings. The van der Waals surface area contributed by atoms with Crippen molar-refractivity contribution in [1.29, 1.82) is 0 Å². The molecule has 0 radical (unpaired) electrons. The first-order valence-electron chi connectivity index (χ1n) is 8.61. The number of hydrogen-bond donors (Lipinski definition) is 1. The molecule has 25 heavy (non-hydrogen) atoms. The fourth-order valence-electron chi connectivity index (χ4n) is 4.22. The molecule has 1 aromatic heterocycles. The van der Waals surface area contributed by atoms with E-state index in [-0.39, 0.29) is 18.4 Å². The van der Waals surface area contributed by atoms with Crippen LogP contribution in [0.25, 0.3) is 11.3 Å². The van der Waals surface area contributed by atoms with Crippen molar-refractivity contribution in [2.24, 2.45) is 11.8 Å². The summed E-state index contributed by atoms with van der Waals surface area (Å²) in [6.45, 7) is 0.559. The van der Waals surface area contributed by atoms with Crippen LogP contribution < -0.4 is 0 Å². The molecular formula is C18H20N4O3. The summed E-state index contributed by atoms with van der Waals surface area (Å²) in [7, 11) is 0. The quantitative estimate of drug-likeness (QED) is 0.914. The van der Waals surface area contributed by atoms with Crippen molar-refractivity contribution in [1.82, 2.24) is 19.9 Å². The highest BCUT2D eigenvalue weighted by atomic mass is 16.4. The lowest BCUT2D eigenvalue weighted by atomic mass is 9.94. The Balaban J connectivity index is 1.49. The van der Waals surface area contributed by atoms with Crippen LogP contribution in [0.2, 0.25) is 0 Å².